The van der Waals surface area contributed by atoms with Crippen molar-refractivity contribution in [3.05, 3.63) is 29.3 Å². The van der Waals surface area contributed by atoms with E-state index in [4.69, 9.17) is 10.00 Å². The maximum atomic E-state index is 11.5. The standard InChI is InChI=1S/C11H10N2O2/c12-4-5-13-11(14)9-1-2-10-8(7-9)3-6-15-10/h1-2,7H,3,5-6H2,(H,13,14). The lowest BCUT2D eigenvalue weighted by Crippen LogP contribution is -2.23. The molecule has 2 rings (SSSR count). The first-order valence-electron chi connectivity index (χ1n) is 4.72. The number of nitrogens with zero attached hydrogens (tertiary/aromatic N) is 1. The molecule has 4 nitrogen and oxygen atoms in total. The first-order valence-corrected chi connectivity index (χ1v) is 4.72. The largest absolute Gasteiger partial charge is 0.493 e. The maximum absolute atomic E-state index is 11.5. The molecule has 1 N–H and O–H groups in total. The monoisotopic (exact) mass is 202 g/mol. The van der Waals surface area contributed by atoms with Gasteiger partial charge in [0.05, 0.1) is 12.7 Å². The fourth-order valence-electron chi connectivity index (χ4n) is 1.55. The Labute approximate surface area is 87.5 Å². The average molecular weight is 202 g/mol. The molecule has 0 aromatic heterocycles. The molecule has 4 heteroatoms. The van der Waals surface area contributed by atoms with Gasteiger partial charge in [-0.05, 0) is 23.8 Å². The Hall–Kier alpha value is -2.02. The Morgan fingerprint density at radius 1 is 1.60 bits per heavy atom. The summed E-state index contributed by atoms with van der Waals surface area (Å²) in [5, 5.41) is 10.8. The first-order chi connectivity index (χ1) is 7.31. The van der Waals surface area contributed by atoms with Gasteiger partial charge in [-0.3, -0.25) is 4.79 Å². The normalized spacial score (nSPS) is 12.5. The number of carbonyl (C=O) groups is 1. The number of fused-ring (bicyclic) bond motifs is 1. The minimum absolute atomic E-state index is 0.0341. The van der Waals surface area contributed by atoms with Crippen LogP contribution in [-0.2, 0) is 6.42 Å². The van der Waals surface area contributed by atoms with Crippen LogP contribution in [0, 0.1) is 11.3 Å². The molecule has 0 atom stereocenters. The lowest BCUT2D eigenvalue weighted by Gasteiger charge is -2.03. The molecule has 1 heterocycles. The van der Waals surface area contributed by atoms with Crippen LogP contribution in [0.4, 0.5) is 0 Å². The lowest BCUT2D eigenvalue weighted by molar-refractivity contribution is 0.0958. The van der Waals surface area contributed by atoms with Crippen molar-refractivity contribution < 1.29 is 9.53 Å². The van der Waals surface area contributed by atoms with Crippen molar-refractivity contribution in [1.82, 2.24) is 5.32 Å². The number of hydrogen-bond donors (Lipinski definition) is 1. The zero-order valence-electron chi connectivity index (χ0n) is 8.12. The van der Waals surface area contributed by atoms with Gasteiger partial charge in [0, 0.05) is 12.0 Å². The highest BCUT2D eigenvalue weighted by molar-refractivity contribution is 5.94. The molecule has 0 radical (unpaired) electrons. The number of benzene rings is 1. The molecule has 0 fully saturated rings. The van der Waals surface area contributed by atoms with Crippen LogP contribution in [0.3, 0.4) is 0 Å². The van der Waals surface area contributed by atoms with E-state index in [2.05, 4.69) is 5.32 Å². The summed E-state index contributed by atoms with van der Waals surface area (Å²) in [4.78, 5) is 11.5. The molecule has 1 aliphatic rings. The highest BCUT2D eigenvalue weighted by atomic mass is 16.5. The Morgan fingerprint density at radius 3 is 3.27 bits per heavy atom. The zero-order valence-corrected chi connectivity index (χ0v) is 8.12. The summed E-state index contributed by atoms with van der Waals surface area (Å²) in [6, 6.07) is 7.18. The number of ether oxygens (including phenoxy) is 1. The van der Waals surface area contributed by atoms with Crippen molar-refractivity contribution in [2.24, 2.45) is 0 Å². The van der Waals surface area contributed by atoms with E-state index >= 15 is 0 Å². The molecule has 1 amide bonds. The molecule has 0 bridgehead atoms. The number of nitriles is 1. The van der Waals surface area contributed by atoms with Crippen LogP contribution in [0.25, 0.3) is 0 Å². The van der Waals surface area contributed by atoms with Crippen LogP contribution in [0.5, 0.6) is 5.75 Å². The van der Waals surface area contributed by atoms with Crippen LogP contribution < -0.4 is 10.1 Å². The lowest BCUT2D eigenvalue weighted by atomic mass is 10.1. The highest BCUT2D eigenvalue weighted by Crippen LogP contribution is 2.25. The fraction of sp³-hybridized carbons (Fsp3) is 0.273. The van der Waals surface area contributed by atoms with Crippen molar-refractivity contribution in [2.75, 3.05) is 13.2 Å². The van der Waals surface area contributed by atoms with Crippen LogP contribution in [0.15, 0.2) is 18.2 Å². The van der Waals surface area contributed by atoms with E-state index in [1.165, 1.54) is 0 Å². The van der Waals surface area contributed by atoms with Crippen molar-refractivity contribution in [3.8, 4) is 11.8 Å². The number of hydrogen-bond acceptors (Lipinski definition) is 3. The van der Waals surface area contributed by atoms with Crippen molar-refractivity contribution in [1.29, 1.82) is 5.26 Å². The molecule has 1 aromatic rings. The number of carbonyl (C=O) groups excluding carboxylic acids is 1. The predicted molar refractivity (Wildman–Crippen MR) is 53.6 cm³/mol. The molecule has 1 aromatic carbocycles. The molecular weight excluding hydrogens is 192 g/mol. The molecule has 1 aliphatic heterocycles. The minimum Gasteiger partial charge on any atom is -0.493 e. The van der Waals surface area contributed by atoms with E-state index in [1.807, 2.05) is 12.1 Å². The Balaban J connectivity index is 2.16. The Kier molecular flexibility index (Phi) is 2.55. The summed E-state index contributed by atoms with van der Waals surface area (Å²) in [6.45, 7) is 0.713. The molecule has 0 saturated heterocycles. The molecule has 15 heavy (non-hydrogen) atoms. The third kappa shape index (κ3) is 1.91. The quantitative estimate of drug-likeness (QED) is 0.724. The van der Waals surface area contributed by atoms with E-state index in [-0.39, 0.29) is 12.5 Å². The third-order valence-corrected chi connectivity index (χ3v) is 2.28. The van der Waals surface area contributed by atoms with Gasteiger partial charge in [0.25, 0.3) is 5.91 Å². The van der Waals surface area contributed by atoms with Gasteiger partial charge < -0.3 is 10.1 Å². The van der Waals surface area contributed by atoms with Crippen molar-refractivity contribution in [2.45, 2.75) is 6.42 Å². The van der Waals surface area contributed by atoms with Crippen LogP contribution in [0.2, 0.25) is 0 Å². The molecule has 76 valence electrons. The van der Waals surface area contributed by atoms with Gasteiger partial charge in [-0.15, -0.1) is 0 Å². The van der Waals surface area contributed by atoms with Gasteiger partial charge in [-0.1, -0.05) is 0 Å². The van der Waals surface area contributed by atoms with E-state index < -0.39 is 0 Å². The number of rotatable bonds is 2. The fourth-order valence-corrected chi connectivity index (χ4v) is 1.55. The molecule has 0 unspecified atom stereocenters. The van der Waals surface area contributed by atoms with Gasteiger partial charge in [0.2, 0.25) is 0 Å². The van der Waals surface area contributed by atoms with Crippen LogP contribution in [0.1, 0.15) is 15.9 Å². The first kappa shape index (κ1) is 9.53. The summed E-state index contributed by atoms with van der Waals surface area (Å²) in [5.41, 5.74) is 1.63. The smallest absolute Gasteiger partial charge is 0.252 e. The predicted octanol–water partition coefficient (Wildman–Crippen LogP) is 0.875. The average Bonchev–Trinajstić information content (AvgIpc) is 2.72. The van der Waals surface area contributed by atoms with E-state index in [1.54, 1.807) is 12.1 Å². The van der Waals surface area contributed by atoms with Gasteiger partial charge in [0.1, 0.15) is 12.3 Å². The summed E-state index contributed by atoms with van der Waals surface area (Å²) >= 11 is 0. The second-order valence-electron chi connectivity index (χ2n) is 3.26. The van der Waals surface area contributed by atoms with Gasteiger partial charge in [-0.2, -0.15) is 5.26 Å². The molecule has 0 saturated carbocycles. The summed E-state index contributed by atoms with van der Waals surface area (Å²) in [7, 11) is 0. The summed E-state index contributed by atoms with van der Waals surface area (Å²) < 4.78 is 5.33. The third-order valence-electron chi connectivity index (χ3n) is 2.28. The summed E-state index contributed by atoms with van der Waals surface area (Å²) in [5.74, 6) is 0.637. The van der Waals surface area contributed by atoms with Crippen molar-refractivity contribution >= 4 is 5.91 Å². The van der Waals surface area contributed by atoms with Gasteiger partial charge >= 0.3 is 0 Å². The van der Waals surface area contributed by atoms with Crippen molar-refractivity contribution in [3.63, 3.8) is 0 Å². The van der Waals surface area contributed by atoms with Crippen LogP contribution >= 0.6 is 0 Å². The number of amides is 1. The van der Waals surface area contributed by atoms with E-state index in [0.717, 1.165) is 17.7 Å². The Morgan fingerprint density at radius 2 is 2.47 bits per heavy atom. The van der Waals surface area contributed by atoms with E-state index in [9.17, 15) is 4.79 Å². The summed E-state index contributed by atoms with van der Waals surface area (Å²) in [6.07, 6.45) is 0.842. The van der Waals surface area contributed by atoms with E-state index in [0.29, 0.717) is 12.2 Å². The maximum Gasteiger partial charge on any atom is 0.252 e. The van der Waals surface area contributed by atoms with Crippen LogP contribution in [-0.4, -0.2) is 19.1 Å². The molecular formula is C11H10N2O2. The molecule has 0 spiro atoms. The topological polar surface area (TPSA) is 62.1 Å². The second kappa shape index (κ2) is 4.01. The highest BCUT2D eigenvalue weighted by Gasteiger charge is 2.14. The zero-order chi connectivity index (χ0) is 10.7. The van der Waals surface area contributed by atoms with Gasteiger partial charge in [-0.25, -0.2) is 0 Å². The SMILES string of the molecule is N#CCNC(=O)c1ccc2c(c1)CCO2. The Bertz CT molecular complexity index is 435. The second-order valence-corrected chi connectivity index (χ2v) is 3.26. The van der Waals surface area contributed by atoms with Gasteiger partial charge in [0.15, 0.2) is 0 Å². The number of nitrogens with one attached hydrogen (secondary N) is 1. The molecule has 0 aliphatic carbocycles. The minimum atomic E-state index is -0.216.